The van der Waals surface area contributed by atoms with Crippen LogP contribution in [0, 0.1) is 0 Å². The zero-order chi connectivity index (χ0) is 11.6. The molecule has 0 bridgehead atoms. The van der Waals surface area contributed by atoms with Gasteiger partial charge in [0.05, 0.1) is 5.02 Å². The number of aromatic hydroxyl groups is 1. The van der Waals surface area contributed by atoms with Crippen molar-refractivity contribution in [3.05, 3.63) is 39.3 Å². The molecule has 0 aliphatic heterocycles. The third-order valence-electron chi connectivity index (χ3n) is 2.05. The van der Waals surface area contributed by atoms with Crippen molar-refractivity contribution in [2.24, 2.45) is 5.73 Å². The number of nitrogens with two attached hydrogens (primary N) is 1. The standard InChI is InChI=1S/C11H13BrClNO.ClH/c1-6(2)5-9(14)10-7(12)3-4-8(13)11(10)15;/h3-4,9,15H,1,5,14H2,2H3;1H/t9-;/m0./s1. The molecule has 0 aliphatic carbocycles. The molecule has 0 spiro atoms. The van der Waals surface area contributed by atoms with E-state index in [1.54, 1.807) is 12.1 Å². The van der Waals surface area contributed by atoms with Crippen molar-refractivity contribution >= 4 is 39.9 Å². The van der Waals surface area contributed by atoms with E-state index >= 15 is 0 Å². The summed E-state index contributed by atoms with van der Waals surface area (Å²) < 4.78 is 0.762. The Morgan fingerprint density at radius 3 is 2.69 bits per heavy atom. The summed E-state index contributed by atoms with van der Waals surface area (Å²) in [6.07, 6.45) is 0.618. The number of hydrogen-bond acceptors (Lipinski definition) is 2. The minimum atomic E-state index is -0.296. The van der Waals surface area contributed by atoms with Crippen molar-refractivity contribution in [1.29, 1.82) is 0 Å². The fraction of sp³-hybridized carbons (Fsp3) is 0.273. The Labute approximate surface area is 115 Å². The Bertz CT molecular complexity index is 396. The number of phenolic OH excluding ortho intramolecular Hbond substituents is 1. The minimum absolute atomic E-state index is 0. The van der Waals surface area contributed by atoms with Crippen molar-refractivity contribution < 1.29 is 5.11 Å². The van der Waals surface area contributed by atoms with E-state index in [1.165, 1.54) is 0 Å². The van der Waals surface area contributed by atoms with Crippen molar-refractivity contribution in [2.45, 2.75) is 19.4 Å². The Balaban J connectivity index is 0.00000225. The average Bonchev–Trinajstić information content (AvgIpc) is 2.11. The lowest BCUT2D eigenvalue weighted by Gasteiger charge is -2.16. The molecule has 0 saturated heterocycles. The lowest BCUT2D eigenvalue weighted by atomic mass is 10.0. The summed E-state index contributed by atoms with van der Waals surface area (Å²) in [6, 6.07) is 3.10. The first-order valence-corrected chi connectivity index (χ1v) is 5.67. The summed E-state index contributed by atoms with van der Waals surface area (Å²) >= 11 is 9.16. The highest BCUT2D eigenvalue weighted by molar-refractivity contribution is 9.10. The summed E-state index contributed by atoms with van der Waals surface area (Å²) in [4.78, 5) is 0. The van der Waals surface area contributed by atoms with Gasteiger partial charge in [0.1, 0.15) is 5.75 Å². The maximum atomic E-state index is 9.79. The SMILES string of the molecule is C=C(C)C[C@H](N)c1c(Br)ccc(Cl)c1O.Cl. The quantitative estimate of drug-likeness (QED) is 0.818. The van der Waals surface area contributed by atoms with Crippen LogP contribution in [0.15, 0.2) is 28.8 Å². The zero-order valence-electron chi connectivity index (χ0n) is 8.84. The van der Waals surface area contributed by atoms with Crippen molar-refractivity contribution in [1.82, 2.24) is 0 Å². The molecule has 0 aromatic heterocycles. The van der Waals surface area contributed by atoms with Gasteiger partial charge in [-0.1, -0.05) is 33.1 Å². The van der Waals surface area contributed by atoms with Gasteiger partial charge in [-0.25, -0.2) is 0 Å². The van der Waals surface area contributed by atoms with Gasteiger partial charge in [0, 0.05) is 16.1 Å². The van der Waals surface area contributed by atoms with E-state index in [-0.39, 0.29) is 24.2 Å². The van der Waals surface area contributed by atoms with Crippen molar-refractivity contribution in [3.8, 4) is 5.75 Å². The lowest BCUT2D eigenvalue weighted by molar-refractivity contribution is 0.460. The van der Waals surface area contributed by atoms with Crippen LogP contribution in [0.5, 0.6) is 5.75 Å². The topological polar surface area (TPSA) is 46.2 Å². The third-order valence-corrected chi connectivity index (χ3v) is 3.05. The first-order chi connectivity index (χ1) is 6.93. The van der Waals surface area contributed by atoms with Crippen LogP contribution in [-0.2, 0) is 0 Å². The van der Waals surface area contributed by atoms with Gasteiger partial charge in [-0.2, -0.15) is 0 Å². The van der Waals surface area contributed by atoms with Crippen LogP contribution in [0.2, 0.25) is 5.02 Å². The molecule has 0 amide bonds. The maximum absolute atomic E-state index is 9.79. The Kier molecular flexibility index (Phi) is 6.41. The van der Waals surface area contributed by atoms with E-state index in [1.807, 2.05) is 6.92 Å². The molecule has 1 rings (SSSR count). The molecule has 1 aromatic carbocycles. The molecule has 2 nitrogen and oxygen atoms in total. The fourth-order valence-corrected chi connectivity index (χ4v) is 2.17. The van der Waals surface area contributed by atoms with Gasteiger partial charge >= 0.3 is 0 Å². The van der Waals surface area contributed by atoms with Crippen molar-refractivity contribution in [2.75, 3.05) is 0 Å². The van der Waals surface area contributed by atoms with Gasteiger partial charge in [-0.3, -0.25) is 0 Å². The van der Waals surface area contributed by atoms with E-state index in [4.69, 9.17) is 17.3 Å². The van der Waals surface area contributed by atoms with Crippen LogP contribution in [-0.4, -0.2) is 5.11 Å². The monoisotopic (exact) mass is 325 g/mol. The lowest BCUT2D eigenvalue weighted by Crippen LogP contribution is -2.11. The summed E-state index contributed by atoms with van der Waals surface area (Å²) in [5, 5.41) is 10.1. The summed E-state index contributed by atoms with van der Waals surface area (Å²) in [6.45, 7) is 5.69. The minimum Gasteiger partial charge on any atom is -0.506 e. The molecule has 0 fully saturated rings. The molecule has 0 saturated carbocycles. The normalized spacial score (nSPS) is 11.8. The van der Waals surface area contributed by atoms with E-state index in [0.717, 1.165) is 10.0 Å². The summed E-state index contributed by atoms with van der Waals surface area (Å²) in [5.41, 5.74) is 7.55. The van der Waals surface area contributed by atoms with Crippen LogP contribution in [0.4, 0.5) is 0 Å². The van der Waals surface area contributed by atoms with E-state index in [0.29, 0.717) is 17.0 Å². The Morgan fingerprint density at radius 1 is 1.62 bits per heavy atom. The van der Waals surface area contributed by atoms with Gasteiger partial charge in [-0.05, 0) is 25.5 Å². The van der Waals surface area contributed by atoms with E-state index in [2.05, 4.69) is 22.5 Å². The molecule has 1 aromatic rings. The summed E-state index contributed by atoms with van der Waals surface area (Å²) in [5.74, 6) is 0.0415. The molecule has 0 radical (unpaired) electrons. The number of benzene rings is 1. The second kappa shape index (κ2) is 6.50. The predicted octanol–water partition coefficient (Wildman–Crippen LogP) is 4.20. The molecule has 5 heteroatoms. The molecule has 0 aliphatic rings. The highest BCUT2D eigenvalue weighted by Crippen LogP contribution is 2.37. The smallest absolute Gasteiger partial charge is 0.140 e. The first kappa shape index (κ1) is 15.8. The third kappa shape index (κ3) is 3.67. The Morgan fingerprint density at radius 2 is 2.19 bits per heavy atom. The molecule has 0 heterocycles. The Hall–Kier alpha value is -0.220. The average molecular weight is 327 g/mol. The van der Waals surface area contributed by atoms with Gasteiger partial charge in [0.2, 0.25) is 0 Å². The van der Waals surface area contributed by atoms with Crippen molar-refractivity contribution in [3.63, 3.8) is 0 Å². The van der Waals surface area contributed by atoms with Crippen LogP contribution in [0.25, 0.3) is 0 Å². The van der Waals surface area contributed by atoms with E-state index in [9.17, 15) is 5.11 Å². The highest BCUT2D eigenvalue weighted by Gasteiger charge is 2.16. The van der Waals surface area contributed by atoms with Crippen LogP contribution in [0.3, 0.4) is 0 Å². The first-order valence-electron chi connectivity index (χ1n) is 4.50. The number of hydrogen-bond donors (Lipinski definition) is 2. The van der Waals surface area contributed by atoms with Gasteiger partial charge in [0.25, 0.3) is 0 Å². The van der Waals surface area contributed by atoms with E-state index < -0.39 is 0 Å². The van der Waals surface area contributed by atoms with Gasteiger partial charge in [0.15, 0.2) is 0 Å². The highest BCUT2D eigenvalue weighted by atomic mass is 79.9. The number of halogens is 3. The second-order valence-corrected chi connectivity index (χ2v) is 4.82. The molecular formula is C11H14BrCl2NO. The largest absolute Gasteiger partial charge is 0.506 e. The zero-order valence-corrected chi connectivity index (χ0v) is 12.0. The van der Waals surface area contributed by atoms with Crippen LogP contribution < -0.4 is 5.73 Å². The van der Waals surface area contributed by atoms with Crippen LogP contribution in [0.1, 0.15) is 24.9 Å². The number of rotatable bonds is 3. The van der Waals surface area contributed by atoms with Gasteiger partial charge < -0.3 is 10.8 Å². The van der Waals surface area contributed by atoms with Gasteiger partial charge in [-0.15, -0.1) is 19.0 Å². The molecule has 1 atom stereocenters. The second-order valence-electron chi connectivity index (χ2n) is 3.56. The molecule has 90 valence electrons. The molecule has 16 heavy (non-hydrogen) atoms. The fourth-order valence-electron chi connectivity index (χ4n) is 1.39. The maximum Gasteiger partial charge on any atom is 0.140 e. The summed E-state index contributed by atoms with van der Waals surface area (Å²) in [7, 11) is 0. The molecule has 3 N–H and O–H groups in total. The van der Waals surface area contributed by atoms with Crippen LogP contribution >= 0.6 is 39.9 Å². The molecule has 0 unspecified atom stereocenters. The predicted molar refractivity (Wildman–Crippen MR) is 74.4 cm³/mol. The molecular weight excluding hydrogens is 313 g/mol. The number of phenols is 1.